The molecule has 2 aliphatic heterocycles. The molecule has 0 bridgehead atoms. The summed E-state index contributed by atoms with van der Waals surface area (Å²) in [6, 6.07) is 4.69. The van der Waals surface area contributed by atoms with Crippen molar-refractivity contribution in [3.05, 3.63) is 47.0 Å². The number of halogens is 2. The smallest absolute Gasteiger partial charge is 0.227 e. The van der Waals surface area contributed by atoms with E-state index in [4.69, 9.17) is 21.4 Å². The number of hydrogen-bond donors (Lipinski definition) is 5. The summed E-state index contributed by atoms with van der Waals surface area (Å²) in [5, 5.41) is 48.5. The Morgan fingerprint density at radius 1 is 0.979 bits per heavy atom. The van der Waals surface area contributed by atoms with E-state index in [9.17, 15) is 29.6 Å². The van der Waals surface area contributed by atoms with Crippen molar-refractivity contribution < 1.29 is 39.5 Å². The fraction of sp³-hybridized carbons (Fsp3) is 0.686. The number of likely N-dealkylation sites (tertiary alicyclic amines) is 1. The Hall–Kier alpha value is -2.61. The maximum absolute atomic E-state index is 14.8. The van der Waals surface area contributed by atoms with Crippen molar-refractivity contribution in [1.29, 1.82) is 0 Å². The summed E-state index contributed by atoms with van der Waals surface area (Å²) in [5.74, 6) is 1.64. The van der Waals surface area contributed by atoms with E-state index in [0.29, 0.717) is 47.9 Å². The third kappa shape index (κ3) is 9.54. The lowest BCUT2D eigenvalue weighted by Crippen LogP contribution is -2.50. The molecule has 5 rings (SSSR count). The van der Waals surface area contributed by atoms with Crippen molar-refractivity contribution in [3.63, 3.8) is 0 Å². The van der Waals surface area contributed by atoms with Crippen LogP contribution in [0.3, 0.4) is 0 Å². The molecule has 2 aromatic rings. The summed E-state index contributed by atoms with van der Waals surface area (Å²) in [4.78, 5) is 25.3. The van der Waals surface area contributed by atoms with E-state index in [0.717, 1.165) is 44.2 Å². The highest BCUT2D eigenvalue weighted by atomic mass is 35.5. The molecule has 3 fully saturated rings. The molecule has 5 N–H and O–H groups in total. The molecule has 48 heavy (non-hydrogen) atoms. The van der Waals surface area contributed by atoms with Crippen LogP contribution >= 0.6 is 11.6 Å². The third-order valence-electron chi connectivity index (χ3n) is 10.5. The Balaban J connectivity index is 0.907. The van der Waals surface area contributed by atoms with Gasteiger partial charge >= 0.3 is 0 Å². The van der Waals surface area contributed by atoms with E-state index in [1.165, 1.54) is 38.2 Å². The van der Waals surface area contributed by atoms with Gasteiger partial charge in [-0.2, -0.15) is 0 Å². The van der Waals surface area contributed by atoms with Crippen molar-refractivity contribution >= 4 is 23.5 Å². The van der Waals surface area contributed by atoms with Gasteiger partial charge in [-0.05, 0) is 80.2 Å². The van der Waals surface area contributed by atoms with Crippen LogP contribution in [-0.4, -0.2) is 110 Å². The monoisotopic (exact) mass is 692 g/mol. The van der Waals surface area contributed by atoms with E-state index < -0.39 is 36.8 Å². The molecule has 1 aliphatic carbocycles. The summed E-state index contributed by atoms with van der Waals surface area (Å²) >= 11 is 5.92. The molecule has 0 radical (unpaired) electrons. The minimum atomic E-state index is -1.63. The molecule has 3 aliphatic rings. The predicted octanol–water partition coefficient (Wildman–Crippen LogP) is 3.12. The van der Waals surface area contributed by atoms with Gasteiger partial charge in [0, 0.05) is 32.2 Å². The van der Waals surface area contributed by atoms with Crippen LogP contribution < -0.4 is 9.64 Å². The van der Waals surface area contributed by atoms with Crippen molar-refractivity contribution in [2.75, 3.05) is 44.3 Å². The Bertz CT molecular complexity index is 1320. The van der Waals surface area contributed by atoms with E-state index in [1.54, 1.807) is 29.4 Å². The topological polar surface area (TPSA) is 160 Å². The van der Waals surface area contributed by atoms with Crippen molar-refractivity contribution in [2.24, 2.45) is 17.3 Å². The zero-order valence-electron chi connectivity index (χ0n) is 27.5. The van der Waals surface area contributed by atoms with Crippen LogP contribution in [0.25, 0.3) is 0 Å². The summed E-state index contributed by atoms with van der Waals surface area (Å²) in [5.41, 5.74) is 0.805. The molecule has 3 heterocycles. The molecule has 266 valence electrons. The molecule has 11 nitrogen and oxygen atoms in total. The highest BCUT2D eigenvalue weighted by Crippen LogP contribution is 2.54. The molecule has 1 aromatic heterocycles. The number of aliphatic hydroxyl groups excluding tert-OH is 5. The number of carbonyl (C=O) groups is 1. The highest BCUT2D eigenvalue weighted by molar-refractivity contribution is 6.30. The number of amides is 1. The molecule has 4 atom stereocenters. The molecular weight excluding hydrogens is 643 g/mol. The van der Waals surface area contributed by atoms with Crippen LogP contribution in [0.1, 0.15) is 69.8 Å². The molecule has 1 amide bonds. The average Bonchev–Trinajstić information content (AvgIpc) is 3.05. The standard InChI is InChI=1S/C35H50ClFN4O7/c36-26-18-38-34(39-19-26)40-11-9-35(10-12-40)16-23(17-35)4-1-2-13-48-27-8-7-25(28(37)15-27)14-31(45)41-20-24(21-41)5-3-6-29(43)32(46)33(47)30(44)22-42/h7-8,15,18-19,23-24,29-30,32-33,42-44,46-47H,1-6,9-14,16-17,20-22H2/t29-,30+,32+,33+/m0/s1. The first kappa shape index (κ1) is 36.7. The van der Waals surface area contributed by atoms with Crippen LogP contribution in [0, 0.1) is 23.1 Å². The largest absolute Gasteiger partial charge is 0.493 e. The molecule has 1 saturated carbocycles. The number of unbranched alkanes of at least 4 members (excludes halogenated alkanes) is 1. The maximum Gasteiger partial charge on any atom is 0.227 e. The predicted molar refractivity (Wildman–Crippen MR) is 178 cm³/mol. The minimum Gasteiger partial charge on any atom is -0.493 e. The lowest BCUT2D eigenvalue weighted by Gasteiger charge is -2.52. The summed E-state index contributed by atoms with van der Waals surface area (Å²) < 4.78 is 20.6. The molecule has 2 saturated heterocycles. The van der Waals surface area contributed by atoms with Crippen LogP contribution in [0.5, 0.6) is 5.75 Å². The number of aromatic nitrogens is 2. The molecule has 0 unspecified atom stereocenters. The number of ether oxygens (including phenoxy) is 1. The number of aliphatic hydroxyl groups is 5. The molecule has 1 aromatic carbocycles. The maximum atomic E-state index is 14.8. The van der Waals surface area contributed by atoms with E-state index >= 15 is 0 Å². The van der Waals surface area contributed by atoms with Crippen LogP contribution in [0.4, 0.5) is 10.3 Å². The third-order valence-corrected chi connectivity index (χ3v) is 10.7. The Morgan fingerprint density at radius 3 is 2.31 bits per heavy atom. The minimum absolute atomic E-state index is 0.0232. The van der Waals surface area contributed by atoms with Gasteiger partial charge in [-0.15, -0.1) is 0 Å². The summed E-state index contributed by atoms with van der Waals surface area (Å²) in [7, 11) is 0. The van der Waals surface area contributed by atoms with E-state index in [2.05, 4.69) is 14.9 Å². The molecule has 13 heteroatoms. The summed E-state index contributed by atoms with van der Waals surface area (Å²) in [6.07, 6.45) is 6.93. The number of benzene rings is 1. The first-order valence-corrected chi connectivity index (χ1v) is 17.7. The van der Waals surface area contributed by atoms with Gasteiger partial charge in [0.25, 0.3) is 0 Å². The van der Waals surface area contributed by atoms with Gasteiger partial charge in [0.1, 0.15) is 29.9 Å². The number of hydrogen-bond acceptors (Lipinski definition) is 10. The Labute approximate surface area is 286 Å². The molecule has 1 spiro atoms. The zero-order chi connectivity index (χ0) is 34.3. The molecular formula is C35H50ClFN4O7. The van der Waals surface area contributed by atoms with Gasteiger partial charge in [-0.25, -0.2) is 14.4 Å². The number of anilines is 1. The van der Waals surface area contributed by atoms with Crippen molar-refractivity contribution in [1.82, 2.24) is 14.9 Å². The van der Waals surface area contributed by atoms with E-state index in [1.807, 2.05) is 0 Å². The van der Waals surface area contributed by atoms with Crippen molar-refractivity contribution in [2.45, 2.75) is 95.0 Å². The fourth-order valence-corrected chi connectivity index (χ4v) is 7.59. The number of carbonyl (C=O) groups excluding carboxylic acids is 1. The second-order valence-corrected chi connectivity index (χ2v) is 14.6. The normalized spacial score (nSPS) is 20.6. The lowest BCUT2D eigenvalue weighted by atomic mass is 9.56. The van der Waals surface area contributed by atoms with Crippen molar-refractivity contribution in [3.8, 4) is 5.75 Å². The summed E-state index contributed by atoms with van der Waals surface area (Å²) in [6.45, 7) is 2.88. The number of rotatable bonds is 17. The quantitative estimate of drug-likeness (QED) is 0.156. The second-order valence-electron chi connectivity index (χ2n) is 14.1. The van der Waals surface area contributed by atoms with Gasteiger partial charge in [-0.1, -0.05) is 30.5 Å². The lowest BCUT2D eigenvalue weighted by molar-refractivity contribution is -0.137. The van der Waals surface area contributed by atoms with Gasteiger partial charge in [-0.3, -0.25) is 4.79 Å². The second kappa shape index (κ2) is 16.9. The zero-order valence-corrected chi connectivity index (χ0v) is 28.2. The van der Waals surface area contributed by atoms with Crippen LogP contribution in [0.2, 0.25) is 5.02 Å². The van der Waals surface area contributed by atoms with Gasteiger partial charge in [0.2, 0.25) is 11.9 Å². The van der Waals surface area contributed by atoms with Crippen LogP contribution in [0.15, 0.2) is 30.6 Å². The van der Waals surface area contributed by atoms with Gasteiger partial charge in [0.05, 0.1) is 43.2 Å². The SMILES string of the molecule is O=C(Cc1ccc(OCCCCC2CC3(CCN(c4ncc(Cl)cn4)CC3)C2)cc1F)N1CC(CCC[C@H](O)[C@@H](O)[C@H](O)[C@H](O)CO)C1. The number of nitrogens with zero attached hydrogens (tertiary/aromatic N) is 4. The first-order valence-electron chi connectivity index (χ1n) is 17.3. The average molecular weight is 693 g/mol. The Kier molecular flexibility index (Phi) is 12.9. The Morgan fingerprint density at radius 2 is 1.65 bits per heavy atom. The first-order chi connectivity index (χ1) is 23.1. The van der Waals surface area contributed by atoms with Crippen LogP contribution in [-0.2, 0) is 11.2 Å². The van der Waals surface area contributed by atoms with E-state index in [-0.39, 0.29) is 24.7 Å². The number of piperidine rings is 1. The fourth-order valence-electron chi connectivity index (χ4n) is 7.49. The highest BCUT2D eigenvalue weighted by Gasteiger charge is 2.45. The van der Waals surface area contributed by atoms with Gasteiger partial charge < -0.3 is 40.1 Å². The van der Waals surface area contributed by atoms with Gasteiger partial charge in [0.15, 0.2) is 0 Å².